The molecule has 0 heterocycles. The van der Waals surface area contributed by atoms with Gasteiger partial charge in [0.15, 0.2) is 10.3 Å². The Kier molecular flexibility index (Phi) is 25.5. The Bertz CT molecular complexity index is 309. The maximum Gasteiger partial charge on any atom is 3.00 e. The summed E-state index contributed by atoms with van der Waals surface area (Å²) in [5.74, 6) is -4.12. The van der Waals surface area contributed by atoms with E-state index in [0.29, 0.717) is 0 Å². The van der Waals surface area contributed by atoms with Crippen LogP contribution in [0.2, 0.25) is 0 Å². The number of carboxylic acids is 2. The molecule has 18 heavy (non-hydrogen) atoms. The van der Waals surface area contributed by atoms with Crippen LogP contribution in [-0.2, 0) is 19.9 Å². The van der Waals surface area contributed by atoms with Gasteiger partial charge >= 0.3 is 75.8 Å². The molecule has 0 aliphatic rings. The summed E-state index contributed by atoms with van der Waals surface area (Å²) in [4.78, 5) is 19.3. The van der Waals surface area contributed by atoms with Crippen molar-refractivity contribution in [1.82, 2.24) is 6.15 Å². The molecule has 2 atom stereocenters. The Labute approximate surface area is 162 Å². The fourth-order valence-electron chi connectivity index (χ4n) is 0.258. The second kappa shape index (κ2) is 14.6. The van der Waals surface area contributed by atoms with Gasteiger partial charge in [0, 0.05) is 0 Å². The van der Waals surface area contributed by atoms with E-state index in [2.05, 4.69) is 5.14 Å². The molecule has 0 aliphatic carbocycles. The Morgan fingerprint density at radius 3 is 1.22 bits per heavy atom. The Hall–Kier alpha value is 1.14. The third-order valence-electron chi connectivity index (χ3n) is 0.782. The van der Waals surface area contributed by atoms with E-state index in [0.717, 1.165) is 0 Å². The van der Waals surface area contributed by atoms with Gasteiger partial charge in [-0.25, -0.2) is 13.6 Å². The number of carbonyl (C=O) groups excluding carboxylic acids is 2. The molecule has 0 rings (SSSR count). The number of hydrogen-bond donors (Lipinski definition) is 4. The number of hydrogen-bond acceptors (Lipinski definition) is 10. The molecule has 0 fully saturated rings. The summed E-state index contributed by atoms with van der Waals surface area (Å²) in [5.41, 5.74) is 0. The second-order valence-corrected chi connectivity index (χ2v) is 3.01. The monoisotopic (exact) mass is 421 g/mol. The van der Waals surface area contributed by atoms with Gasteiger partial charge in [0.25, 0.3) is 0 Å². The number of aliphatic hydroxyl groups excluding tert-OH is 2. The number of aliphatic carboxylic acids is 2. The third-order valence-corrected chi connectivity index (χ3v) is 0.782. The van der Waals surface area contributed by atoms with Crippen molar-refractivity contribution in [2.24, 2.45) is 5.14 Å². The Balaban J connectivity index is -0.0000000621. The maximum absolute atomic E-state index is 9.63. The van der Waals surface area contributed by atoms with Crippen molar-refractivity contribution < 1.29 is 94.4 Å². The average Bonchev–Trinajstić information content (AvgIpc) is 1.98. The molecular formula is C4H9KN2O9SSb+. The summed E-state index contributed by atoms with van der Waals surface area (Å²) >= 11 is 0. The quantitative estimate of drug-likeness (QED) is 0.247. The number of nitrogens with two attached hydrogens (primary N) is 1. The molecule has 0 aromatic rings. The van der Waals surface area contributed by atoms with Crippen molar-refractivity contribution in [3.63, 3.8) is 0 Å². The van der Waals surface area contributed by atoms with Crippen LogP contribution in [0.4, 0.5) is 0 Å². The van der Waals surface area contributed by atoms with Crippen LogP contribution < -0.4 is 72.9 Å². The van der Waals surface area contributed by atoms with Crippen LogP contribution in [-0.4, -0.2) is 71.8 Å². The van der Waals surface area contributed by atoms with Gasteiger partial charge in [-0.2, -0.15) is 0 Å². The molecular weight excluding hydrogens is 413 g/mol. The van der Waals surface area contributed by atoms with E-state index in [4.69, 9.17) is 23.2 Å². The molecule has 0 aromatic heterocycles. The van der Waals surface area contributed by atoms with Crippen molar-refractivity contribution >= 4 is 46.7 Å². The van der Waals surface area contributed by atoms with Gasteiger partial charge in [-0.15, -0.1) is 0 Å². The second-order valence-electron chi connectivity index (χ2n) is 2.02. The van der Waals surface area contributed by atoms with E-state index >= 15 is 0 Å². The summed E-state index contributed by atoms with van der Waals surface area (Å²) in [7, 11) is -4.42. The van der Waals surface area contributed by atoms with Crippen molar-refractivity contribution in [2.75, 3.05) is 0 Å². The summed E-state index contributed by atoms with van der Waals surface area (Å²) in [5, 5.41) is 39.5. The van der Waals surface area contributed by atoms with Crippen LogP contribution in [0, 0.1) is 0 Å². The first-order chi connectivity index (χ1) is 6.46. The zero-order chi connectivity index (χ0) is 12.8. The normalized spacial score (nSPS) is 12.0. The molecule has 0 bridgehead atoms. The predicted molar refractivity (Wildman–Crippen MR) is 46.7 cm³/mol. The maximum atomic E-state index is 9.63. The van der Waals surface area contributed by atoms with E-state index in [1.807, 2.05) is 0 Å². The number of aliphatic hydroxyl groups is 2. The third kappa shape index (κ3) is 25.9. The van der Waals surface area contributed by atoms with Crippen molar-refractivity contribution in [2.45, 2.75) is 12.2 Å². The van der Waals surface area contributed by atoms with Crippen LogP contribution in [0.3, 0.4) is 0 Å². The van der Waals surface area contributed by atoms with Crippen LogP contribution in [0.1, 0.15) is 0 Å². The van der Waals surface area contributed by atoms with Crippen LogP contribution >= 0.6 is 0 Å². The predicted octanol–water partition coefficient (Wildman–Crippen LogP) is -9.60. The van der Waals surface area contributed by atoms with Gasteiger partial charge < -0.3 is 40.7 Å². The first kappa shape index (κ1) is 31.5. The molecule has 7 N–H and O–H groups in total. The summed E-state index contributed by atoms with van der Waals surface area (Å²) < 4.78 is 26.6. The first-order valence-electron chi connectivity index (χ1n) is 2.98. The van der Waals surface area contributed by atoms with Crippen LogP contribution in [0.5, 0.6) is 0 Å². The molecule has 0 spiro atoms. The Morgan fingerprint density at radius 2 is 1.17 bits per heavy atom. The van der Waals surface area contributed by atoms with Gasteiger partial charge in [-0.05, 0) is 0 Å². The standard InChI is InChI=1S/C4H6O6.K.H3NO3S.H3N.Sb/c5-1(3(7)8)2(6)4(9)10;;1-5(2,3)4;;/h1-2,5-6H,(H,7,8)(H,9,10);;(H3,1,2,3,4);1H3;/q;+1;;;+3/p-3. The molecule has 0 saturated carbocycles. The van der Waals surface area contributed by atoms with Gasteiger partial charge in [-0.1, -0.05) is 0 Å². The molecule has 11 nitrogen and oxygen atoms in total. The number of carbonyl (C=O) groups is 2. The molecule has 2 radical (unpaired) electrons. The van der Waals surface area contributed by atoms with E-state index in [-0.39, 0.29) is 82.0 Å². The van der Waals surface area contributed by atoms with E-state index in [1.54, 1.807) is 0 Å². The fourth-order valence-corrected chi connectivity index (χ4v) is 0.258. The Morgan fingerprint density at radius 1 is 1.06 bits per heavy atom. The fraction of sp³-hybridized carbons (Fsp3) is 0.500. The van der Waals surface area contributed by atoms with E-state index in [1.165, 1.54) is 0 Å². The minimum atomic E-state index is -4.42. The van der Waals surface area contributed by atoms with E-state index in [9.17, 15) is 19.8 Å². The minimum absolute atomic E-state index is 0. The zero-order valence-electron chi connectivity index (χ0n) is 9.05. The van der Waals surface area contributed by atoms with Gasteiger partial charge in [-0.3, -0.25) is 0 Å². The molecule has 0 amide bonds. The van der Waals surface area contributed by atoms with E-state index < -0.39 is 34.5 Å². The van der Waals surface area contributed by atoms with Crippen LogP contribution in [0.15, 0.2) is 0 Å². The largest absolute Gasteiger partial charge is 3.00 e. The van der Waals surface area contributed by atoms with Crippen molar-refractivity contribution in [3.05, 3.63) is 0 Å². The van der Waals surface area contributed by atoms with Crippen molar-refractivity contribution in [3.8, 4) is 0 Å². The van der Waals surface area contributed by atoms with Crippen LogP contribution in [0.25, 0.3) is 0 Å². The molecule has 14 heteroatoms. The molecule has 0 saturated heterocycles. The summed E-state index contributed by atoms with van der Waals surface area (Å²) in [6, 6.07) is 0. The molecule has 0 aromatic carbocycles. The number of rotatable bonds is 3. The number of carboxylic acid groups (broad SMARTS) is 2. The minimum Gasteiger partial charge on any atom is -0.736 e. The van der Waals surface area contributed by atoms with Gasteiger partial charge in [0.2, 0.25) is 0 Å². The zero-order valence-corrected chi connectivity index (χ0v) is 15.5. The topological polar surface area (TPSA) is 239 Å². The first-order valence-corrected chi connectivity index (χ1v) is 4.45. The van der Waals surface area contributed by atoms with Gasteiger partial charge in [0.1, 0.15) is 12.2 Å². The average molecular weight is 422 g/mol. The molecule has 0 aliphatic heterocycles. The smallest absolute Gasteiger partial charge is 0.736 e. The molecule has 100 valence electrons. The summed E-state index contributed by atoms with van der Waals surface area (Å²) in [6.07, 6.45) is -4.88. The molecule has 2 unspecified atom stereocenters. The van der Waals surface area contributed by atoms with Gasteiger partial charge in [0.05, 0.1) is 11.9 Å². The SMILES string of the molecule is N.NS(=O)(=O)[O-].O=C([O-])C(O)C(O)C(=O)[O-].[K+].[Sb+3]. The van der Waals surface area contributed by atoms with Crippen molar-refractivity contribution in [1.29, 1.82) is 0 Å². The summed E-state index contributed by atoms with van der Waals surface area (Å²) in [6.45, 7) is 0.